The normalized spacial score (nSPS) is 21.0. The van der Waals surface area contributed by atoms with Crippen molar-refractivity contribution < 1.29 is 4.74 Å². The van der Waals surface area contributed by atoms with Crippen molar-refractivity contribution in [2.45, 2.75) is 12.5 Å². The number of anilines is 1. The monoisotopic (exact) mass is 247 g/mol. The lowest BCUT2D eigenvalue weighted by Gasteiger charge is -2.18. The second kappa shape index (κ2) is 4.51. The van der Waals surface area contributed by atoms with E-state index in [1.807, 2.05) is 0 Å². The van der Waals surface area contributed by atoms with E-state index < -0.39 is 0 Å². The highest BCUT2D eigenvalue weighted by molar-refractivity contribution is 6.33. The Hall–Kier alpha value is -0.580. The van der Waals surface area contributed by atoms with Gasteiger partial charge in [-0.25, -0.2) is 0 Å². The van der Waals surface area contributed by atoms with E-state index in [2.05, 4.69) is 15.1 Å². The van der Waals surface area contributed by atoms with Crippen LogP contribution in [0.4, 0.5) is 5.69 Å². The topological polar surface area (TPSA) is 38.2 Å². The van der Waals surface area contributed by atoms with Gasteiger partial charge in [0, 0.05) is 26.3 Å². The summed E-state index contributed by atoms with van der Waals surface area (Å²) in [5.74, 6) is 0. The fourth-order valence-electron chi connectivity index (χ4n) is 1.71. The zero-order valence-electron chi connectivity index (χ0n) is 8.28. The average Bonchev–Trinajstić information content (AvgIpc) is 2.70. The van der Waals surface area contributed by atoms with E-state index in [4.69, 9.17) is 27.9 Å². The number of hydrogen-bond acceptors (Lipinski definition) is 4. The molecule has 1 atom stereocenters. The minimum absolute atomic E-state index is 0.257. The molecule has 15 heavy (non-hydrogen) atoms. The van der Waals surface area contributed by atoms with Crippen LogP contribution < -0.4 is 4.90 Å². The van der Waals surface area contributed by atoms with Crippen molar-refractivity contribution in [1.29, 1.82) is 0 Å². The number of nitrogens with zero attached hydrogens (tertiary/aromatic N) is 3. The first-order chi connectivity index (χ1) is 7.20. The summed E-state index contributed by atoms with van der Waals surface area (Å²) < 4.78 is 5.28. The summed E-state index contributed by atoms with van der Waals surface area (Å²) in [6, 6.07) is 1.73. The number of ether oxygens (including phenoxy) is 1. The van der Waals surface area contributed by atoms with E-state index in [1.165, 1.54) is 0 Å². The number of halogens is 2. The Bertz CT molecular complexity index is 361. The van der Waals surface area contributed by atoms with E-state index in [0.717, 1.165) is 25.2 Å². The van der Waals surface area contributed by atoms with Crippen molar-refractivity contribution in [2.75, 3.05) is 25.1 Å². The molecule has 0 saturated carbocycles. The van der Waals surface area contributed by atoms with E-state index in [9.17, 15) is 0 Å². The van der Waals surface area contributed by atoms with Crippen LogP contribution >= 0.6 is 23.2 Å². The lowest BCUT2D eigenvalue weighted by Crippen LogP contribution is -2.22. The second-order valence-electron chi connectivity index (χ2n) is 3.44. The maximum atomic E-state index is 5.95. The molecule has 2 heterocycles. The first kappa shape index (κ1) is 10.9. The van der Waals surface area contributed by atoms with Crippen molar-refractivity contribution >= 4 is 28.9 Å². The van der Waals surface area contributed by atoms with E-state index in [0.29, 0.717) is 10.3 Å². The summed E-state index contributed by atoms with van der Waals surface area (Å²) in [5, 5.41) is 8.19. The molecule has 82 valence electrons. The van der Waals surface area contributed by atoms with E-state index >= 15 is 0 Å². The molecule has 0 bridgehead atoms. The molecule has 1 saturated heterocycles. The van der Waals surface area contributed by atoms with Gasteiger partial charge in [-0.1, -0.05) is 23.2 Å². The Morgan fingerprint density at radius 2 is 2.27 bits per heavy atom. The van der Waals surface area contributed by atoms with Crippen LogP contribution in [-0.4, -0.2) is 36.5 Å². The van der Waals surface area contributed by atoms with Crippen LogP contribution in [0.5, 0.6) is 0 Å². The highest BCUT2D eigenvalue weighted by Gasteiger charge is 2.24. The third-order valence-electron chi connectivity index (χ3n) is 2.52. The lowest BCUT2D eigenvalue weighted by atomic mass is 10.3. The van der Waals surface area contributed by atoms with Crippen LogP contribution in [0.2, 0.25) is 10.3 Å². The van der Waals surface area contributed by atoms with Gasteiger partial charge in [-0.2, -0.15) is 0 Å². The molecule has 0 aromatic carbocycles. The fraction of sp³-hybridized carbons (Fsp3) is 0.556. The molecule has 2 rings (SSSR count). The van der Waals surface area contributed by atoms with Crippen molar-refractivity contribution in [1.82, 2.24) is 10.2 Å². The Balaban J connectivity index is 2.19. The number of hydrogen-bond donors (Lipinski definition) is 0. The molecule has 0 amide bonds. The van der Waals surface area contributed by atoms with Crippen molar-refractivity contribution in [2.24, 2.45) is 0 Å². The maximum absolute atomic E-state index is 5.95. The molecule has 6 heteroatoms. The second-order valence-corrected chi connectivity index (χ2v) is 4.18. The molecule has 1 unspecified atom stereocenters. The van der Waals surface area contributed by atoms with E-state index in [1.54, 1.807) is 13.2 Å². The first-order valence-electron chi connectivity index (χ1n) is 4.67. The molecule has 1 aliphatic rings. The molecule has 0 radical (unpaired) electrons. The van der Waals surface area contributed by atoms with Gasteiger partial charge in [0.05, 0.1) is 11.8 Å². The summed E-state index contributed by atoms with van der Waals surface area (Å²) >= 11 is 11.7. The molecular weight excluding hydrogens is 237 g/mol. The molecular formula is C9H11Cl2N3O. The largest absolute Gasteiger partial charge is 0.380 e. The maximum Gasteiger partial charge on any atom is 0.175 e. The molecule has 0 aliphatic carbocycles. The van der Waals surface area contributed by atoms with Gasteiger partial charge in [0.1, 0.15) is 0 Å². The van der Waals surface area contributed by atoms with E-state index in [-0.39, 0.29) is 6.10 Å². The smallest absolute Gasteiger partial charge is 0.175 e. The third kappa shape index (κ3) is 2.33. The summed E-state index contributed by atoms with van der Waals surface area (Å²) in [4.78, 5) is 2.11. The van der Waals surface area contributed by atoms with Crippen molar-refractivity contribution in [3.8, 4) is 0 Å². The Morgan fingerprint density at radius 3 is 2.93 bits per heavy atom. The lowest BCUT2D eigenvalue weighted by molar-refractivity contribution is 0.121. The molecule has 1 fully saturated rings. The van der Waals surface area contributed by atoms with Gasteiger partial charge in [-0.3, -0.25) is 0 Å². The van der Waals surface area contributed by atoms with Crippen LogP contribution in [-0.2, 0) is 4.74 Å². The Kier molecular flexibility index (Phi) is 3.29. The van der Waals surface area contributed by atoms with Gasteiger partial charge in [-0.05, 0) is 6.42 Å². The van der Waals surface area contributed by atoms with Gasteiger partial charge < -0.3 is 9.64 Å². The molecule has 4 nitrogen and oxygen atoms in total. The zero-order valence-corrected chi connectivity index (χ0v) is 9.79. The van der Waals surface area contributed by atoms with Gasteiger partial charge >= 0.3 is 0 Å². The van der Waals surface area contributed by atoms with Gasteiger partial charge in [-0.15, -0.1) is 10.2 Å². The van der Waals surface area contributed by atoms with Crippen LogP contribution in [0.1, 0.15) is 6.42 Å². The Morgan fingerprint density at radius 1 is 1.47 bits per heavy atom. The minimum atomic E-state index is 0.257. The number of methoxy groups -OCH3 is 1. The third-order valence-corrected chi connectivity index (χ3v) is 2.97. The van der Waals surface area contributed by atoms with Gasteiger partial charge in [0.2, 0.25) is 0 Å². The summed E-state index contributed by atoms with van der Waals surface area (Å²) in [6.45, 7) is 1.72. The fourth-order valence-corrected chi connectivity index (χ4v) is 2.06. The van der Waals surface area contributed by atoms with Crippen LogP contribution in [0.25, 0.3) is 0 Å². The SMILES string of the molecule is COC1CCN(c2cc(Cl)nnc2Cl)C1. The molecule has 1 aliphatic heterocycles. The van der Waals surface area contributed by atoms with Crippen LogP contribution in [0, 0.1) is 0 Å². The van der Waals surface area contributed by atoms with Crippen LogP contribution in [0.3, 0.4) is 0 Å². The predicted octanol–water partition coefficient (Wildman–Crippen LogP) is 2.01. The number of aromatic nitrogens is 2. The molecule has 1 aromatic rings. The predicted molar refractivity (Wildman–Crippen MR) is 59.7 cm³/mol. The molecule has 0 spiro atoms. The molecule has 1 aromatic heterocycles. The summed E-state index contributed by atoms with van der Waals surface area (Å²) in [5.41, 5.74) is 0.830. The Labute approximate surface area is 98.1 Å². The minimum Gasteiger partial charge on any atom is -0.380 e. The summed E-state index contributed by atoms with van der Waals surface area (Å²) in [7, 11) is 1.72. The van der Waals surface area contributed by atoms with Gasteiger partial charge in [0.15, 0.2) is 10.3 Å². The van der Waals surface area contributed by atoms with Gasteiger partial charge in [0.25, 0.3) is 0 Å². The number of rotatable bonds is 2. The van der Waals surface area contributed by atoms with Crippen LogP contribution in [0.15, 0.2) is 6.07 Å². The van der Waals surface area contributed by atoms with Crippen molar-refractivity contribution in [3.05, 3.63) is 16.4 Å². The zero-order chi connectivity index (χ0) is 10.8. The molecule has 0 N–H and O–H groups in total. The summed E-state index contributed by atoms with van der Waals surface area (Å²) in [6.07, 6.45) is 1.25. The first-order valence-corrected chi connectivity index (χ1v) is 5.42. The highest BCUT2D eigenvalue weighted by Crippen LogP contribution is 2.28. The average molecular weight is 248 g/mol. The highest BCUT2D eigenvalue weighted by atomic mass is 35.5. The van der Waals surface area contributed by atoms with Crippen molar-refractivity contribution in [3.63, 3.8) is 0 Å². The quantitative estimate of drug-likeness (QED) is 0.802. The standard InChI is InChI=1S/C9H11Cl2N3O/c1-15-6-2-3-14(5-6)7-4-8(10)12-13-9(7)11/h4,6H,2-3,5H2,1H3.